The van der Waals surface area contributed by atoms with Crippen LogP contribution in [-0.2, 0) is 0 Å². The molecule has 10 heteroatoms. The minimum Gasteiger partial charge on any atom is -0.493 e. The van der Waals surface area contributed by atoms with E-state index in [4.69, 9.17) is 14.5 Å². The van der Waals surface area contributed by atoms with Crippen molar-refractivity contribution in [3.05, 3.63) is 41.4 Å². The van der Waals surface area contributed by atoms with E-state index in [0.717, 1.165) is 58.3 Å². The number of carbonyl (C=O) groups excluding carboxylic acids is 1. The summed E-state index contributed by atoms with van der Waals surface area (Å²) in [7, 11) is 3.28. The first-order chi connectivity index (χ1) is 16.2. The Morgan fingerprint density at radius 3 is 2.73 bits per heavy atom. The third-order valence-electron chi connectivity index (χ3n) is 5.84. The number of thiazole rings is 2. The van der Waals surface area contributed by atoms with E-state index in [1.54, 1.807) is 42.4 Å². The molecule has 2 aromatic heterocycles. The molecule has 1 aliphatic heterocycles. The molecule has 4 aromatic rings. The smallest absolute Gasteiger partial charge is 0.251 e. The molecule has 33 heavy (non-hydrogen) atoms. The van der Waals surface area contributed by atoms with Gasteiger partial charge in [0.2, 0.25) is 0 Å². The number of aromatic nitrogens is 2. The Bertz CT molecular complexity index is 1280. The van der Waals surface area contributed by atoms with Gasteiger partial charge in [-0.25, -0.2) is 9.97 Å². The van der Waals surface area contributed by atoms with Gasteiger partial charge in [-0.3, -0.25) is 9.69 Å². The number of piperazine rings is 1. The average molecular weight is 484 g/mol. The molecule has 0 unspecified atom stereocenters. The van der Waals surface area contributed by atoms with E-state index in [9.17, 15) is 4.79 Å². The summed E-state index contributed by atoms with van der Waals surface area (Å²) in [6, 6.07) is 9.59. The van der Waals surface area contributed by atoms with Crippen molar-refractivity contribution in [3.8, 4) is 11.5 Å². The van der Waals surface area contributed by atoms with Gasteiger partial charge in [-0.2, -0.15) is 0 Å². The summed E-state index contributed by atoms with van der Waals surface area (Å²) in [5, 5.41) is 4.04. The van der Waals surface area contributed by atoms with Crippen LogP contribution in [0.4, 0.5) is 5.13 Å². The van der Waals surface area contributed by atoms with Crippen LogP contribution in [0.2, 0.25) is 0 Å². The molecule has 2 aromatic carbocycles. The monoisotopic (exact) mass is 483 g/mol. The highest BCUT2D eigenvalue weighted by atomic mass is 32.1. The highest BCUT2D eigenvalue weighted by Gasteiger charge is 2.22. The molecule has 0 spiro atoms. The van der Waals surface area contributed by atoms with Crippen LogP contribution >= 0.6 is 22.7 Å². The van der Waals surface area contributed by atoms with Crippen molar-refractivity contribution in [2.75, 3.05) is 58.4 Å². The number of nitrogens with one attached hydrogen (secondary N) is 1. The average Bonchev–Trinajstić information content (AvgIpc) is 3.50. The molecule has 0 atom stereocenters. The summed E-state index contributed by atoms with van der Waals surface area (Å²) < 4.78 is 13.1. The molecule has 1 N–H and O–H groups in total. The van der Waals surface area contributed by atoms with Gasteiger partial charge in [-0.15, -0.1) is 11.3 Å². The lowest BCUT2D eigenvalue weighted by Gasteiger charge is -2.34. The van der Waals surface area contributed by atoms with Crippen LogP contribution < -0.4 is 19.7 Å². The van der Waals surface area contributed by atoms with Gasteiger partial charge < -0.3 is 19.7 Å². The first-order valence-electron chi connectivity index (χ1n) is 10.8. The van der Waals surface area contributed by atoms with Crippen molar-refractivity contribution >= 4 is 54.1 Å². The van der Waals surface area contributed by atoms with E-state index in [-0.39, 0.29) is 5.91 Å². The first kappa shape index (κ1) is 21.9. The summed E-state index contributed by atoms with van der Waals surface area (Å²) in [6.07, 6.45) is 0. The maximum atomic E-state index is 12.5. The summed E-state index contributed by atoms with van der Waals surface area (Å²) in [5.41, 5.74) is 4.26. The van der Waals surface area contributed by atoms with Crippen molar-refractivity contribution in [2.24, 2.45) is 0 Å². The van der Waals surface area contributed by atoms with Crippen LogP contribution in [0, 0.1) is 0 Å². The fourth-order valence-electron chi connectivity index (χ4n) is 4.02. The lowest BCUT2D eigenvalue weighted by molar-refractivity contribution is 0.0948. The van der Waals surface area contributed by atoms with E-state index in [0.29, 0.717) is 23.6 Å². The maximum Gasteiger partial charge on any atom is 0.251 e. The second-order valence-corrected chi connectivity index (χ2v) is 9.66. The number of amides is 1. The lowest BCUT2D eigenvalue weighted by Crippen LogP contribution is -2.48. The Morgan fingerprint density at radius 1 is 1.09 bits per heavy atom. The Morgan fingerprint density at radius 2 is 1.94 bits per heavy atom. The summed E-state index contributed by atoms with van der Waals surface area (Å²) in [4.78, 5) is 26.3. The van der Waals surface area contributed by atoms with Gasteiger partial charge in [0, 0.05) is 44.8 Å². The third kappa shape index (κ3) is 4.46. The number of benzene rings is 2. The Balaban J connectivity index is 1.14. The number of rotatable bonds is 7. The summed E-state index contributed by atoms with van der Waals surface area (Å²) in [5.74, 6) is 1.34. The molecule has 8 nitrogen and oxygen atoms in total. The normalized spacial score (nSPS) is 14.7. The number of ether oxygens (including phenoxy) is 2. The van der Waals surface area contributed by atoms with Crippen molar-refractivity contribution in [2.45, 2.75) is 0 Å². The number of carbonyl (C=O) groups is 1. The molecule has 3 heterocycles. The number of anilines is 1. The molecule has 5 rings (SSSR count). The highest BCUT2D eigenvalue weighted by molar-refractivity contribution is 7.22. The van der Waals surface area contributed by atoms with Gasteiger partial charge >= 0.3 is 0 Å². The molecule has 0 saturated carbocycles. The Labute approximate surface area is 199 Å². The fraction of sp³-hybridized carbons (Fsp3) is 0.348. The van der Waals surface area contributed by atoms with Crippen molar-refractivity contribution < 1.29 is 14.3 Å². The molecule has 1 saturated heterocycles. The van der Waals surface area contributed by atoms with Gasteiger partial charge in [0.25, 0.3) is 5.91 Å². The van der Waals surface area contributed by atoms with Crippen molar-refractivity contribution in [1.82, 2.24) is 20.2 Å². The van der Waals surface area contributed by atoms with Crippen LogP contribution in [0.1, 0.15) is 10.4 Å². The predicted molar refractivity (Wildman–Crippen MR) is 133 cm³/mol. The lowest BCUT2D eigenvalue weighted by atomic mass is 10.2. The fourth-order valence-corrected chi connectivity index (χ4v) is 5.75. The van der Waals surface area contributed by atoms with E-state index in [1.165, 1.54) is 0 Å². The minimum absolute atomic E-state index is 0.0391. The summed E-state index contributed by atoms with van der Waals surface area (Å²) >= 11 is 3.22. The minimum atomic E-state index is -0.0391. The molecule has 1 amide bonds. The van der Waals surface area contributed by atoms with Crippen LogP contribution in [-0.4, -0.2) is 74.3 Å². The van der Waals surface area contributed by atoms with Gasteiger partial charge in [-0.05, 0) is 30.3 Å². The summed E-state index contributed by atoms with van der Waals surface area (Å²) in [6.45, 7) is 5.10. The molecule has 1 aliphatic rings. The van der Waals surface area contributed by atoms with Crippen LogP contribution in [0.3, 0.4) is 0 Å². The molecular formula is C23H25N5O3S2. The number of hydrogen-bond donors (Lipinski definition) is 1. The third-order valence-corrected chi connectivity index (χ3v) is 7.71. The Hall–Kier alpha value is -2.95. The quantitative estimate of drug-likeness (QED) is 0.431. The van der Waals surface area contributed by atoms with Crippen molar-refractivity contribution in [1.29, 1.82) is 0 Å². The first-order valence-corrected chi connectivity index (χ1v) is 12.5. The molecule has 0 bridgehead atoms. The van der Waals surface area contributed by atoms with Gasteiger partial charge in [0.1, 0.15) is 5.52 Å². The number of methoxy groups -OCH3 is 2. The standard InChI is InChI=1S/C23H25N5O3S2/c1-30-17-5-6-18-20(21(17)31-2)26-23(33-18)28-11-9-27(10-12-28)8-7-24-22(29)15-3-4-16-19(13-15)32-14-25-16/h3-6,13-14H,7-12H2,1-2H3,(H,24,29). The molecule has 0 aliphatic carbocycles. The van der Waals surface area contributed by atoms with E-state index in [2.05, 4.69) is 20.1 Å². The van der Waals surface area contributed by atoms with Crippen molar-refractivity contribution in [3.63, 3.8) is 0 Å². The van der Waals surface area contributed by atoms with E-state index >= 15 is 0 Å². The van der Waals surface area contributed by atoms with Gasteiger partial charge in [-0.1, -0.05) is 11.3 Å². The topological polar surface area (TPSA) is 79.8 Å². The highest BCUT2D eigenvalue weighted by Crippen LogP contribution is 2.40. The van der Waals surface area contributed by atoms with Gasteiger partial charge in [0.15, 0.2) is 16.6 Å². The van der Waals surface area contributed by atoms with E-state index < -0.39 is 0 Å². The Kier molecular flexibility index (Phi) is 6.30. The number of hydrogen-bond acceptors (Lipinski definition) is 9. The maximum absolute atomic E-state index is 12.5. The van der Waals surface area contributed by atoms with Crippen LogP contribution in [0.15, 0.2) is 35.8 Å². The van der Waals surface area contributed by atoms with Crippen LogP contribution in [0.5, 0.6) is 11.5 Å². The zero-order valence-electron chi connectivity index (χ0n) is 18.5. The van der Waals surface area contributed by atoms with E-state index in [1.807, 2.05) is 30.3 Å². The van der Waals surface area contributed by atoms with Crippen LogP contribution in [0.25, 0.3) is 20.4 Å². The molecular weight excluding hydrogens is 458 g/mol. The predicted octanol–water partition coefficient (Wildman–Crippen LogP) is 3.48. The molecule has 1 fully saturated rings. The zero-order chi connectivity index (χ0) is 22.8. The zero-order valence-corrected chi connectivity index (χ0v) is 20.2. The van der Waals surface area contributed by atoms with Gasteiger partial charge in [0.05, 0.1) is 34.6 Å². The molecule has 172 valence electrons. The second kappa shape index (κ2) is 9.50. The number of nitrogens with zero attached hydrogens (tertiary/aromatic N) is 4. The second-order valence-electron chi connectivity index (χ2n) is 7.76. The SMILES string of the molecule is COc1ccc2sc(N3CCN(CCNC(=O)c4ccc5ncsc5c4)CC3)nc2c1OC. The number of fused-ring (bicyclic) bond motifs is 2. The largest absolute Gasteiger partial charge is 0.493 e. The molecule has 0 radical (unpaired) electrons.